The number of nitrogens with one attached hydrogen (secondary N) is 1. The molecule has 0 saturated heterocycles. The highest BCUT2D eigenvalue weighted by Gasteiger charge is 2.40. The molecule has 3 heterocycles. The number of nitrogens with zero attached hydrogens (tertiary/aromatic N) is 2. The van der Waals surface area contributed by atoms with Gasteiger partial charge in [-0.2, -0.15) is 0 Å². The first-order valence-electron chi connectivity index (χ1n) is 7.70. The smallest absolute Gasteiger partial charge is 0.343 e. The summed E-state index contributed by atoms with van der Waals surface area (Å²) in [6.07, 6.45) is 1.70. The standard InChI is InChI=1S/C17H21N3O3/c1-9(13-10(2)20-23-11(13)3)8-19-15-14-12(6-7-18-15)17(4,5)22-16(14)21/h6-7,9H,8H2,1-5H3,(H,18,19). The third-order valence-electron chi connectivity index (χ3n) is 4.31. The van der Waals surface area contributed by atoms with Crippen LogP contribution < -0.4 is 5.32 Å². The first-order chi connectivity index (χ1) is 10.8. The lowest BCUT2D eigenvalue weighted by atomic mass is 9.96. The number of pyridine rings is 1. The van der Waals surface area contributed by atoms with E-state index in [9.17, 15) is 4.79 Å². The number of cyclic esters (lactones) is 1. The van der Waals surface area contributed by atoms with Crippen LogP contribution in [0.25, 0.3) is 0 Å². The molecule has 1 atom stereocenters. The van der Waals surface area contributed by atoms with E-state index in [0.29, 0.717) is 17.9 Å². The van der Waals surface area contributed by atoms with Crippen molar-refractivity contribution < 1.29 is 14.1 Å². The molecule has 2 aromatic heterocycles. The lowest BCUT2D eigenvalue weighted by Crippen LogP contribution is -2.16. The number of hydrogen-bond donors (Lipinski definition) is 1. The fourth-order valence-corrected chi connectivity index (χ4v) is 3.19. The van der Waals surface area contributed by atoms with Gasteiger partial charge in [-0.05, 0) is 33.8 Å². The molecule has 1 N–H and O–H groups in total. The van der Waals surface area contributed by atoms with Crippen molar-refractivity contribution in [2.24, 2.45) is 0 Å². The summed E-state index contributed by atoms with van der Waals surface area (Å²) < 4.78 is 10.7. The molecule has 1 unspecified atom stereocenters. The number of hydrogen-bond acceptors (Lipinski definition) is 6. The molecule has 0 radical (unpaired) electrons. The van der Waals surface area contributed by atoms with Crippen molar-refractivity contribution in [1.29, 1.82) is 0 Å². The molecule has 122 valence electrons. The van der Waals surface area contributed by atoms with Crippen LogP contribution in [0.4, 0.5) is 5.82 Å². The van der Waals surface area contributed by atoms with Gasteiger partial charge in [0.05, 0.1) is 5.69 Å². The molecule has 0 aromatic carbocycles. The number of esters is 1. The molecule has 0 aliphatic carbocycles. The van der Waals surface area contributed by atoms with Gasteiger partial charge >= 0.3 is 5.97 Å². The van der Waals surface area contributed by atoms with Gasteiger partial charge in [-0.3, -0.25) is 0 Å². The van der Waals surface area contributed by atoms with Gasteiger partial charge in [0.1, 0.15) is 22.7 Å². The van der Waals surface area contributed by atoms with Crippen LogP contribution in [0, 0.1) is 13.8 Å². The number of carbonyl (C=O) groups is 1. The van der Waals surface area contributed by atoms with Crippen molar-refractivity contribution in [3.63, 3.8) is 0 Å². The second kappa shape index (κ2) is 5.37. The SMILES string of the molecule is Cc1noc(C)c1C(C)CNc1nccc2c1C(=O)OC2(C)C. The molecule has 23 heavy (non-hydrogen) atoms. The Morgan fingerprint density at radius 3 is 2.74 bits per heavy atom. The highest BCUT2D eigenvalue weighted by Crippen LogP contribution is 2.38. The summed E-state index contributed by atoms with van der Waals surface area (Å²) in [4.78, 5) is 16.5. The summed E-state index contributed by atoms with van der Waals surface area (Å²) in [6, 6.07) is 1.84. The second-order valence-electron chi connectivity index (χ2n) is 6.50. The van der Waals surface area contributed by atoms with Gasteiger partial charge in [0.25, 0.3) is 0 Å². The van der Waals surface area contributed by atoms with E-state index in [4.69, 9.17) is 9.26 Å². The van der Waals surface area contributed by atoms with Crippen molar-refractivity contribution in [3.8, 4) is 0 Å². The maximum absolute atomic E-state index is 12.2. The van der Waals surface area contributed by atoms with Crippen molar-refractivity contribution in [2.75, 3.05) is 11.9 Å². The Balaban J connectivity index is 1.83. The topological polar surface area (TPSA) is 77.3 Å². The molecule has 6 nitrogen and oxygen atoms in total. The van der Waals surface area contributed by atoms with Crippen LogP contribution in [0.1, 0.15) is 59.6 Å². The molecule has 0 saturated carbocycles. The van der Waals surface area contributed by atoms with E-state index in [2.05, 4.69) is 22.4 Å². The van der Waals surface area contributed by atoms with Crippen LogP contribution in [0.3, 0.4) is 0 Å². The Morgan fingerprint density at radius 1 is 1.35 bits per heavy atom. The van der Waals surface area contributed by atoms with Gasteiger partial charge in [-0.1, -0.05) is 12.1 Å². The molecule has 0 bridgehead atoms. The zero-order chi connectivity index (χ0) is 16.8. The number of aromatic nitrogens is 2. The van der Waals surface area contributed by atoms with Gasteiger partial charge in [0.2, 0.25) is 0 Å². The predicted octanol–water partition coefficient (Wildman–Crippen LogP) is 3.31. The number of carbonyl (C=O) groups excluding carboxylic acids is 1. The molecule has 0 spiro atoms. The Bertz CT molecular complexity index is 745. The van der Waals surface area contributed by atoms with E-state index in [1.165, 1.54) is 0 Å². The Labute approximate surface area is 135 Å². The molecule has 0 fully saturated rings. The summed E-state index contributed by atoms with van der Waals surface area (Å²) in [5, 5.41) is 7.26. The van der Waals surface area contributed by atoms with Crippen LogP contribution in [0.2, 0.25) is 0 Å². The Morgan fingerprint density at radius 2 is 2.09 bits per heavy atom. The minimum atomic E-state index is -0.612. The van der Waals surface area contributed by atoms with Crippen molar-refractivity contribution >= 4 is 11.8 Å². The van der Waals surface area contributed by atoms with E-state index in [1.54, 1.807) is 6.20 Å². The number of anilines is 1. The van der Waals surface area contributed by atoms with Gasteiger partial charge in [0, 0.05) is 29.8 Å². The molecule has 3 rings (SSSR count). The number of aryl methyl sites for hydroxylation is 2. The minimum Gasteiger partial charge on any atom is -0.451 e. The molecular formula is C17H21N3O3. The monoisotopic (exact) mass is 315 g/mol. The van der Waals surface area contributed by atoms with Crippen LogP contribution in [-0.4, -0.2) is 22.7 Å². The number of ether oxygens (including phenoxy) is 1. The van der Waals surface area contributed by atoms with Gasteiger partial charge in [-0.25, -0.2) is 9.78 Å². The quantitative estimate of drug-likeness (QED) is 0.872. The first-order valence-corrected chi connectivity index (χ1v) is 7.70. The first kappa shape index (κ1) is 15.5. The summed E-state index contributed by atoms with van der Waals surface area (Å²) >= 11 is 0. The van der Waals surface area contributed by atoms with E-state index in [0.717, 1.165) is 22.6 Å². The number of fused-ring (bicyclic) bond motifs is 1. The maximum atomic E-state index is 12.2. The highest BCUT2D eigenvalue weighted by molar-refractivity contribution is 5.99. The predicted molar refractivity (Wildman–Crippen MR) is 85.6 cm³/mol. The van der Waals surface area contributed by atoms with Crippen LogP contribution in [0.5, 0.6) is 0 Å². The molecule has 2 aromatic rings. The average molecular weight is 315 g/mol. The van der Waals surface area contributed by atoms with Crippen LogP contribution in [0.15, 0.2) is 16.8 Å². The maximum Gasteiger partial charge on any atom is 0.343 e. The zero-order valence-electron chi connectivity index (χ0n) is 14.1. The Hall–Kier alpha value is -2.37. The van der Waals surface area contributed by atoms with Gasteiger partial charge in [0.15, 0.2) is 0 Å². The van der Waals surface area contributed by atoms with Crippen LogP contribution >= 0.6 is 0 Å². The molecule has 1 aliphatic heterocycles. The Kier molecular flexibility index (Phi) is 3.62. The molecule has 6 heteroatoms. The summed E-state index contributed by atoms with van der Waals surface area (Å²) in [6.45, 7) is 10.3. The fourth-order valence-electron chi connectivity index (χ4n) is 3.19. The van der Waals surface area contributed by atoms with Crippen LogP contribution in [-0.2, 0) is 10.3 Å². The summed E-state index contributed by atoms with van der Waals surface area (Å²) in [5.41, 5.74) is 2.77. The lowest BCUT2D eigenvalue weighted by Gasteiger charge is -2.17. The summed E-state index contributed by atoms with van der Waals surface area (Å²) in [5.74, 6) is 1.25. The third-order valence-corrected chi connectivity index (χ3v) is 4.31. The lowest BCUT2D eigenvalue weighted by molar-refractivity contribution is 0.00958. The second-order valence-corrected chi connectivity index (χ2v) is 6.50. The van der Waals surface area contributed by atoms with E-state index in [1.807, 2.05) is 33.8 Å². The molecular weight excluding hydrogens is 294 g/mol. The van der Waals surface area contributed by atoms with Crippen molar-refractivity contribution in [3.05, 3.63) is 40.4 Å². The van der Waals surface area contributed by atoms with Crippen molar-refractivity contribution in [2.45, 2.75) is 46.1 Å². The largest absolute Gasteiger partial charge is 0.451 e. The van der Waals surface area contributed by atoms with Gasteiger partial charge in [-0.15, -0.1) is 0 Å². The number of rotatable bonds is 4. The molecule has 0 amide bonds. The van der Waals surface area contributed by atoms with E-state index < -0.39 is 5.60 Å². The average Bonchev–Trinajstić information content (AvgIpc) is 2.94. The third kappa shape index (κ3) is 2.58. The summed E-state index contributed by atoms with van der Waals surface area (Å²) in [7, 11) is 0. The van der Waals surface area contributed by atoms with Gasteiger partial charge < -0.3 is 14.6 Å². The fraction of sp³-hybridized carbons (Fsp3) is 0.471. The molecule has 1 aliphatic rings. The normalized spacial score (nSPS) is 16.8. The van der Waals surface area contributed by atoms with E-state index in [-0.39, 0.29) is 11.9 Å². The van der Waals surface area contributed by atoms with E-state index >= 15 is 0 Å². The zero-order valence-corrected chi connectivity index (χ0v) is 14.1. The minimum absolute atomic E-state index is 0.185. The van der Waals surface area contributed by atoms with Crippen molar-refractivity contribution in [1.82, 2.24) is 10.1 Å². The highest BCUT2D eigenvalue weighted by atomic mass is 16.6.